The Morgan fingerprint density at radius 3 is 2.96 bits per heavy atom. The Bertz CT molecular complexity index is 729. The van der Waals surface area contributed by atoms with Crippen LogP contribution in [0.25, 0.3) is 10.8 Å². The van der Waals surface area contributed by atoms with E-state index in [1.54, 1.807) is 0 Å². The van der Waals surface area contributed by atoms with Gasteiger partial charge in [-0.05, 0) is 43.7 Å². The molecule has 130 valence electrons. The van der Waals surface area contributed by atoms with Crippen LogP contribution in [0.2, 0.25) is 0 Å². The molecule has 0 spiro atoms. The van der Waals surface area contributed by atoms with Gasteiger partial charge in [0.1, 0.15) is 5.76 Å². The van der Waals surface area contributed by atoms with E-state index >= 15 is 0 Å². The molecule has 0 aromatic carbocycles. The Labute approximate surface area is 151 Å². The van der Waals surface area contributed by atoms with Gasteiger partial charge < -0.3 is 15.1 Å². The number of nitrogens with two attached hydrogens (primary N) is 1. The lowest BCUT2D eigenvalue weighted by Gasteiger charge is -2.18. The number of carbonyl (C=O) groups is 1. The van der Waals surface area contributed by atoms with Gasteiger partial charge in [-0.2, -0.15) is 0 Å². The van der Waals surface area contributed by atoms with Crippen molar-refractivity contribution in [3.63, 3.8) is 0 Å². The maximum absolute atomic E-state index is 12.5. The van der Waals surface area contributed by atoms with Crippen LogP contribution < -0.4 is 5.73 Å². The van der Waals surface area contributed by atoms with Crippen LogP contribution in [0.1, 0.15) is 24.3 Å². The summed E-state index contributed by atoms with van der Waals surface area (Å²) < 4.78 is 5.59. The van der Waals surface area contributed by atoms with Crippen LogP contribution >= 0.6 is 23.7 Å². The number of nitrogens with zero attached hydrogens (tertiary/aromatic N) is 2. The average molecular weight is 368 g/mol. The second-order valence-electron chi connectivity index (χ2n) is 6.69. The van der Waals surface area contributed by atoms with E-state index in [1.807, 2.05) is 29.3 Å². The van der Waals surface area contributed by atoms with E-state index < -0.39 is 0 Å². The van der Waals surface area contributed by atoms with Gasteiger partial charge in [0.15, 0.2) is 10.8 Å². The first-order valence-corrected chi connectivity index (χ1v) is 9.02. The maximum atomic E-state index is 12.5. The summed E-state index contributed by atoms with van der Waals surface area (Å²) in [5.74, 6) is 2.90. The summed E-state index contributed by atoms with van der Waals surface area (Å²) >= 11 is 1.52. The fraction of sp³-hybridized carbons (Fsp3) is 0.529. The molecule has 3 unspecified atom stereocenters. The number of amides is 1. The normalized spacial score (nSPS) is 25.6. The number of carbonyl (C=O) groups excluding carboxylic acids is 1. The molecule has 24 heavy (non-hydrogen) atoms. The van der Waals surface area contributed by atoms with Gasteiger partial charge in [-0.15, -0.1) is 23.7 Å². The Morgan fingerprint density at radius 2 is 2.25 bits per heavy atom. The van der Waals surface area contributed by atoms with E-state index in [-0.39, 0.29) is 24.4 Å². The van der Waals surface area contributed by atoms with E-state index in [0.29, 0.717) is 18.3 Å². The van der Waals surface area contributed by atoms with E-state index in [9.17, 15) is 4.79 Å². The lowest BCUT2D eigenvalue weighted by atomic mass is 9.98. The standard InChI is InChI=1S/C17H21N3O2S.ClH/c1-10-2-5-15(22-10)17-19-12(9-23-17)6-16(21)20-7-11-3-4-14(18)13(11)8-20;/h2,5,9,11,13-14H,3-4,6-8,18H2,1H3;1H. The highest BCUT2D eigenvalue weighted by molar-refractivity contribution is 7.13. The van der Waals surface area contributed by atoms with Gasteiger partial charge in [0.05, 0.1) is 12.1 Å². The molecule has 2 N–H and O–H groups in total. The second-order valence-corrected chi connectivity index (χ2v) is 7.55. The highest BCUT2D eigenvalue weighted by Crippen LogP contribution is 2.37. The summed E-state index contributed by atoms with van der Waals surface area (Å²) in [7, 11) is 0. The SMILES string of the molecule is Cc1ccc(-c2nc(CC(=O)N3CC4CCC(N)C4C3)cs2)o1.Cl. The molecule has 1 saturated heterocycles. The predicted molar refractivity (Wildman–Crippen MR) is 96.3 cm³/mol. The van der Waals surface area contributed by atoms with Crippen molar-refractivity contribution in [1.29, 1.82) is 0 Å². The van der Waals surface area contributed by atoms with E-state index in [0.717, 1.165) is 48.2 Å². The number of thiazole rings is 1. The van der Waals surface area contributed by atoms with Crippen molar-refractivity contribution in [1.82, 2.24) is 9.88 Å². The average Bonchev–Trinajstić information content (AvgIpc) is 3.25. The third-order valence-electron chi connectivity index (χ3n) is 5.10. The van der Waals surface area contributed by atoms with Crippen molar-refractivity contribution in [3.8, 4) is 10.8 Å². The third-order valence-corrected chi connectivity index (χ3v) is 6.01. The minimum Gasteiger partial charge on any atom is -0.459 e. The Kier molecular flexibility index (Phi) is 4.99. The van der Waals surface area contributed by atoms with Gasteiger partial charge in [0.25, 0.3) is 0 Å². The van der Waals surface area contributed by atoms with E-state index in [2.05, 4.69) is 4.98 Å². The number of aromatic nitrogens is 1. The molecular weight excluding hydrogens is 346 g/mol. The highest BCUT2D eigenvalue weighted by atomic mass is 35.5. The van der Waals surface area contributed by atoms with Crippen molar-refractivity contribution in [2.24, 2.45) is 17.6 Å². The summed E-state index contributed by atoms with van der Waals surface area (Å²) in [6, 6.07) is 4.11. The number of aryl methyl sites for hydroxylation is 1. The van der Waals surface area contributed by atoms with Crippen LogP contribution in [0.5, 0.6) is 0 Å². The molecule has 2 aromatic rings. The van der Waals surface area contributed by atoms with Crippen molar-refractivity contribution < 1.29 is 9.21 Å². The monoisotopic (exact) mass is 367 g/mol. The number of halogens is 1. The molecule has 2 aliphatic rings. The van der Waals surface area contributed by atoms with Gasteiger partial charge in [-0.3, -0.25) is 4.79 Å². The fourth-order valence-corrected chi connectivity index (χ4v) is 4.61. The molecule has 1 saturated carbocycles. The number of hydrogen-bond acceptors (Lipinski definition) is 5. The minimum absolute atomic E-state index is 0. The molecule has 1 amide bonds. The van der Waals surface area contributed by atoms with Crippen molar-refractivity contribution in [2.75, 3.05) is 13.1 Å². The van der Waals surface area contributed by atoms with Crippen molar-refractivity contribution in [2.45, 2.75) is 32.2 Å². The van der Waals surface area contributed by atoms with Gasteiger partial charge in [0.2, 0.25) is 5.91 Å². The van der Waals surface area contributed by atoms with Crippen LogP contribution in [0.15, 0.2) is 21.9 Å². The smallest absolute Gasteiger partial charge is 0.228 e. The summed E-state index contributed by atoms with van der Waals surface area (Å²) in [5.41, 5.74) is 6.97. The summed E-state index contributed by atoms with van der Waals surface area (Å²) in [6.07, 6.45) is 2.63. The Morgan fingerprint density at radius 1 is 1.42 bits per heavy atom. The number of likely N-dealkylation sites (tertiary alicyclic amines) is 1. The molecule has 5 nitrogen and oxygen atoms in total. The number of furan rings is 1. The van der Waals surface area contributed by atoms with Gasteiger partial charge in [-0.1, -0.05) is 0 Å². The van der Waals surface area contributed by atoms with Crippen LogP contribution in [0, 0.1) is 18.8 Å². The topological polar surface area (TPSA) is 72.4 Å². The van der Waals surface area contributed by atoms with Crippen LogP contribution in [0.3, 0.4) is 0 Å². The zero-order valence-corrected chi connectivity index (χ0v) is 15.2. The second kappa shape index (κ2) is 6.86. The Balaban J connectivity index is 0.00000169. The molecule has 3 heterocycles. The molecule has 4 rings (SSSR count). The fourth-order valence-electron chi connectivity index (χ4n) is 3.83. The highest BCUT2D eigenvalue weighted by Gasteiger charge is 2.42. The molecule has 2 aromatic heterocycles. The van der Waals surface area contributed by atoms with Crippen molar-refractivity contribution >= 4 is 29.7 Å². The van der Waals surface area contributed by atoms with Gasteiger partial charge in [-0.25, -0.2) is 4.98 Å². The van der Waals surface area contributed by atoms with Gasteiger partial charge in [0, 0.05) is 24.5 Å². The predicted octanol–water partition coefficient (Wildman–Crippen LogP) is 2.87. The van der Waals surface area contributed by atoms with Crippen LogP contribution in [-0.4, -0.2) is 34.9 Å². The molecule has 0 bridgehead atoms. The number of rotatable bonds is 3. The first kappa shape index (κ1) is 17.5. The first-order chi connectivity index (χ1) is 11.1. The largest absolute Gasteiger partial charge is 0.459 e. The summed E-state index contributed by atoms with van der Waals surface area (Å²) in [5, 5.41) is 2.79. The van der Waals surface area contributed by atoms with Crippen molar-refractivity contribution in [3.05, 3.63) is 29.0 Å². The molecule has 1 aliphatic heterocycles. The lowest BCUT2D eigenvalue weighted by molar-refractivity contribution is -0.129. The number of hydrogen-bond donors (Lipinski definition) is 1. The maximum Gasteiger partial charge on any atom is 0.228 e. The molecule has 0 radical (unpaired) electrons. The molecular formula is C17H22ClN3O2S. The van der Waals surface area contributed by atoms with Crippen LogP contribution in [-0.2, 0) is 11.2 Å². The zero-order chi connectivity index (χ0) is 16.0. The van der Waals surface area contributed by atoms with E-state index in [1.165, 1.54) is 11.3 Å². The Hall–Kier alpha value is -1.37. The molecule has 7 heteroatoms. The van der Waals surface area contributed by atoms with Gasteiger partial charge >= 0.3 is 0 Å². The molecule has 1 aliphatic carbocycles. The van der Waals surface area contributed by atoms with Crippen LogP contribution in [0.4, 0.5) is 0 Å². The first-order valence-electron chi connectivity index (χ1n) is 8.14. The molecule has 3 atom stereocenters. The number of fused-ring (bicyclic) bond motifs is 1. The quantitative estimate of drug-likeness (QED) is 0.905. The summed E-state index contributed by atoms with van der Waals surface area (Å²) in [6.45, 7) is 3.60. The minimum atomic E-state index is 0. The summed E-state index contributed by atoms with van der Waals surface area (Å²) in [4.78, 5) is 19.1. The lowest BCUT2D eigenvalue weighted by Crippen LogP contribution is -2.34. The zero-order valence-electron chi connectivity index (χ0n) is 13.6. The third kappa shape index (κ3) is 3.23. The van der Waals surface area contributed by atoms with E-state index in [4.69, 9.17) is 10.2 Å². The molecule has 2 fully saturated rings.